The lowest BCUT2D eigenvalue weighted by Gasteiger charge is -2.26. The van der Waals surface area contributed by atoms with Gasteiger partial charge in [-0.25, -0.2) is 4.98 Å². The van der Waals surface area contributed by atoms with E-state index in [4.69, 9.17) is 4.74 Å². The Morgan fingerprint density at radius 1 is 1.27 bits per heavy atom. The highest BCUT2D eigenvalue weighted by molar-refractivity contribution is 7.22. The van der Waals surface area contributed by atoms with E-state index in [-0.39, 0.29) is 11.8 Å². The smallest absolute Gasteiger partial charge is 0.225 e. The molecule has 2 N–H and O–H groups in total. The van der Waals surface area contributed by atoms with Crippen LogP contribution in [0, 0.1) is 0 Å². The van der Waals surface area contributed by atoms with Crippen LogP contribution in [0.1, 0.15) is 18.9 Å². The summed E-state index contributed by atoms with van der Waals surface area (Å²) in [6.45, 7) is 6.69. The Kier molecular flexibility index (Phi) is 6.54. The third-order valence-corrected chi connectivity index (χ3v) is 5.17. The van der Waals surface area contributed by atoms with E-state index in [1.165, 1.54) is 11.3 Å². The van der Waals surface area contributed by atoms with Crippen LogP contribution in [0.5, 0.6) is 0 Å². The standard InChI is InChI=1S/C18H24N4O3S/c1-2-16(23)21-18-20-14-4-3-13(11-15(14)26-18)12-17(24)19-5-6-22-7-9-25-10-8-22/h3-4,11H,2,5-10,12H2,1H3,(H,19,24)(H,20,21,23). The summed E-state index contributed by atoms with van der Waals surface area (Å²) in [5.41, 5.74) is 1.77. The Morgan fingerprint density at radius 3 is 2.85 bits per heavy atom. The highest BCUT2D eigenvalue weighted by Crippen LogP contribution is 2.27. The molecule has 0 bridgehead atoms. The normalized spacial score (nSPS) is 15.1. The van der Waals surface area contributed by atoms with Gasteiger partial charge in [0.2, 0.25) is 11.8 Å². The number of aromatic nitrogens is 1. The molecule has 0 spiro atoms. The predicted molar refractivity (Wildman–Crippen MR) is 103 cm³/mol. The number of fused-ring (bicyclic) bond motifs is 1. The molecule has 0 atom stereocenters. The molecule has 1 aliphatic rings. The van der Waals surface area contributed by atoms with Crippen molar-refractivity contribution in [2.45, 2.75) is 19.8 Å². The lowest BCUT2D eigenvalue weighted by Crippen LogP contribution is -2.41. The van der Waals surface area contributed by atoms with E-state index in [0.717, 1.165) is 48.6 Å². The predicted octanol–water partition coefficient (Wildman–Crippen LogP) is 1.64. The fraction of sp³-hybridized carbons (Fsp3) is 0.500. The van der Waals surface area contributed by atoms with Crippen molar-refractivity contribution >= 4 is 38.5 Å². The molecule has 2 amide bonds. The lowest BCUT2D eigenvalue weighted by atomic mass is 10.1. The van der Waals surface area contributed by atoms with Crippen LogP contribution in [0.25, 0.3) is 10.2 Å². The number of carbonyl (C=O) groups is 2. The SMILES string of the molecule is CCC(=O)Nc1nc2ccc(CC(=O)NCCN3CCOCC3)cc2s1. The van der Waals surface area contributed by atoms with Gasteiger partial charge in [-0.15, -0.1) is 0 Å². The van der Waals surface area contributed by atoms with E-state index < -0.39 is 0 Å². The molecule has 1 aromatic heterocycles. The van der Waals surface area contributed by atoms with E-state index in [2.05, 4.69) is 20.5 Å². The minimum absolute atomic E-state index is 0.0154. The summed E-state index contributed by atoms with van der Waals surface area (Å²) < 4.78 is 6.28. The summed E-state index contributed by atoms with van der Waals surface area (Å²) in [5.74, 6) is -0.0365. The van der Waals surface area contributed by atoms with Crippen LogP contribution in [0.4, 0.5) is 5.13 Å². The molecule has 2 aromatic rings. The molecule has 1 saturated heterocycles. The molecule has 0 saturated carbocycles. The number of benzene rings is 1. The highest BCUT2D eigenvalue weighted by atomic mass is 32.1. The van der Waals surface area contributed by atoms with Crippen LogP contribution in [-0.4, -0.2) is 61.1 Å². The topological polar surface area (TPSA) is 83.6 Å². The summed E-state index contributed by atoms with van der Waals surface area (Å²) >= 11 is 1.43. The summed E-state index contributed by atoms with van der Waals surface area (Å²) in [6.07, 6.45) is 0.763. The monoisotopic (exact) mass is 376 g/mol. The quantitative estimate of drug-likeness (QED) is 0.767. The number of rotatable bonds is 7. The zero-order valence-electron chi connectivity index (χ0n) is 14.9. The summed E-state index contributed by atoms with van der Waals surface area (Å²) in [5, 5.41) is 6.35. The van der Waals surface area contributed by atoms with Gasteiger partial charge >= 0.3 is 0 Å². The molecule has 0 unspecified atom stereocenters. The van der Waals surface area contributed by atoms with Gasteiger partial charge in [0.25, 0.3) is 0 Å². The Hall–Kier alpha value is -2.03. The van der Waals surface area contributed by atoms with Crippen molar-refractivity contribution in [2.75, 3.05) is 44.7 Å². The van der Waals surface area contributed by atoms with Gasteiger partial charge in [-0.05, 0) is 17.7 Å². The van der Waals surface area contributed by atoms with E-state index in [0.29, 0.717) is 24.5 Å². The second-order valence-electron chi connectivity index (χ2n) is 6.20. The minimum Gasteiger partial charge on any atom is -0.379 e. The van der Waals surface area contributed by atoms with Crippen LogP contribution in [0.15, 0.2) is 18.2 Å². The van der Waals surface area contributed by atoms with Crippen LogP contribution in [0.2, 0.25) is 0 Å². The molecule has 8 heteroatoms. The first-order valence-corrected chi connectivity index (χ1v) is 9.72. The Labute approximate surface area is 156 Å². The summed E-state index contributed by atoms with van der Waals surface area (Å²) in [4.78, 5) is 30.3. The molecular formula is C18H24N4O3S. The van der Waals surface area contributed by atoms with E-state index in [9.17, 15) is 9.59 Å². The van der Waals surface area contributed by atoms with E-state index in [1.807, 2.05) is 18.2 Å². The first kappa shape index (κ1) is 18.8. The minimum atomic E-state index is -0.0519. The zero-order valence-corrected chi connectivity index (χ0v) is 15.7. The largest absolute Gasteiger partial charge is 0.379 e. The Bertz CT molecular complexity index is 771. The van der Waals surface area contributed by atoms with Gasteiger partial charge in [0.15, 0.2) is 5.13 Å². The summed E-state index contributed by atoms with van der Waals surface area (Å²) in [7, 11) is 0. The van der Waals surface area contributed by atoms with E-state index in [1.54, 1.807) is 6.92 Å². The van der Waals surface area contributed by atoms with Crippen molar-refractivity contribution in [3.63, 3.8) is 0 Å². The van der Waals surface area contributed by atoms with Crippen molar-refractivity contribution in [1.29, 1.82) is 0 Å². The average Bonchev–Trinajstić information content (AvgIpc) is 3.04. The van der Waals surface area contributed by atoms with Gasteiger partial charge in [0, 0.05) is 32.6 Å². The second-order valence-corrected chi connectivity index (χ2v) is 7.23. The van der Waals surface area contributed by atoms with Crippen LogP contribution in [-0.2, 0) is 20.7 Å². The van der Waals surface area contributed by atoms with Crippen LogP contribution < -0.4 is 10.6 Å². The number of carbonyl (C=O) groups excluding carboxylic acids is 2. The maximum absolute atomic E-state index is 12.2. The molecular weight excluding hydrogens is 352 g/mol. The zero-order chi connectivity index (χ0) is 18.4. The fourth-order valence-electron chi connectivity index (χ4n) is 2.77. The molecule has 1 aliphatic heterocycles. The number of nitrogens with zero attached hydrogens (tertiary/aromatic N) is 2. The highest BCUT2D eigenvalue weighted by Gasteiger charge is 2.11. The number of amides is 2. The van der Waals surface area contributed by atoms with Crippen LogP contribution >= 0.6 is 11.3 Å². The average molecular weight is 376 g/mol. The molecule has 1 aromatic carbocycles. The maximum Gasteiger partial charge on any atom is 0.225 e. The number of thiazole rings is 1. The fourth-order valence-corrected chi connectivity index (χ4v) is 3.71. The second kappa shape index (κ2) is 9.07. The Morgan fingerprint density at radius 2 is 2.08 bits per heavy atom. The molecule has 1 fully saturated rings. The number of hydrogen-bond acceptors (Lipinski definition) is 6. The van der Waals surface area contributed by atoms with Gasteiger partial charge in [-0.3, -0.25) is 14.5 Å². The lowest BCUT2D eigenvalue weighted by molar-refractivity contribution is -0.120. The number of hydrogen-bond donors (Lipinski definition) is 2. The third-order valence-electron chi connectivity index (χ3n) is 4.24. The van der Waals surface area contributed by atoms with Gasteiger partial charge in [0.1, 0.15) is 0 Å². The number of anilines is 1. The van der Waals surface area contributed by atoms with Crippen molar-refractivity contribution < 1.29 is 14.3 Å². The molecule has 3 rings (SSSR count). The molecule has 0 radical (unpaired) electrons. The number of morpholine rings is 1. The van der Waals surface area contributed by atoms with Gasteiger partial charge < -0.3 is 15.4 Å². The van der Waals surface area contributed by atoms with Gasteiger partial charge in [-0.2, -0.15) is 0 Å². The first-order valence-electron chi connectivity index (χ1n) is 8.90. The molecule has 0 aliphatic carbocycles. The summed E-state index contributed by atoms with van der Waals surface area (Å²) in [6, 6.07) is 5.77. The molecule has 140 valence electrons. The molecule has 26 heavy (non-hydrogen) atoms. The maximum atomic E-state index is 12.2. The van der Waals surface area contributed by atoms with Crippen molar-refractivity contribution in [3.8, 4) is 0 Å². The number of ether oxygens (including phenoxy) is 1. The van der Waals surface area contributed by atoms with Crippen molar-refractivity contribution in [1.82, 2.24) is 15.2 Å². The molecule has 2 heterocycles. The van der Waals surface area contributed by atoms with Crippen molar-refractivity contribution in [3.05, 3.63) is 23.8 Å². The van der Waals surface area contributed by atoms with Gasteiger partial charge in [-0.1, -0.05) is 24.3 Å². The third kappa shape index (κ3) is 5.23. The Balaban J connectivity index is 1.51. The first-order chi connectivity index (χ1) is 12.6. The van der Waals surface area contributed by atoms with Crippen molar-refractivity contribution in [2.24, 2.45) is 0 Å². The number of nitrogens with one attached hydrogen (secondary N) is 2. The van der Waals surface area contributed by atoms with E-state index >= 15 is 0 Å². The van der Waals surface area contributed by atoms with Gasteiger partial charge in [0.05, 0.1) is 29.9 Å². The molecule has 7 nitrogen and oxygen atoms in total. The van der Waals surface area contributed by atoms with Crippen LogP contribution in [0.3, 0.4) is 0 Å².